The first kappa shape index (κ1) is 11.6. The maximum Gasteiger partial charge on any atom is 0.307 e. The lowest BCUT2D eigenvalue weighted by Crippen LogP contribution is -2.29. The molecular formula is C13H15NO3. The number of carbonyl (C=O) groups excluding carboxylic acids is 1. The maximum absolute atomic E-state index is 11.7. The van der Waals surface area contributed by atoms with Crippen molar-refractivity contribution in [2.45, 2.75) is 19.4 Å². The van der Waals surface area contributed by atoms with Gasteiger partial charge in [0, 0.05) is 0 Å². The van der Waals surface area contributed by atoms with Crippen molar-refractivity contribution in [1.82, 2.24) is 5.32 Å². The highest BCUT2D eigenvalue weighted by molar-refractivity contribution is 5.89. The van der Waals surface area contributed by atoms with Crippen molar-refractivity contribution in [1.29, 1.82) is 0 Å². The molecule has 3 atom stereocenters. The first-order valence-electron chi connectivity index (χ1n) is 5.67. The van der Waals surface area contributed by atoms with Gasteiger partial charge in [-0.25, -0.2) is 0 Å². The number of aliphatic carboxylic acids is 1. The number of carboxylic acids is 1. The zero-order valence-corrected chi connectivity index (χ0v) is 9.59. The second-order valence-corrected chi connectivity index (χ2v) is 4.43. The van der Waals surface area contributed by atoms with E-state index in [2.05, 4.69) is 5.32 Å². The van der Waals surface area contributed by atoms with Crippen LogP contribution in [0.25, 0.3) is 0 Å². The summed E-state index contributed by atoms with van der Waals surface area (Å²) in [5, 5.41) is 11.6. The summed E-state index contributed by atoms with van der Waals surface area (Å²) in [7, 11) is 0. The van der Waals surface area contributed by atoms with E-state index in [9.17, 15) is 9.59 Å². The molecule has 0 aliphatic heterocycles. The Morgan fingerprint density at radius 2 is 1.94 bits per heavy atom. The molecule has 0 radical (unpaired) electrons. The minimum absolute atomic E-state index is 0.0845. The van der Waals surface area contributed by atoms with E-state index < -0.39 is 11.9 Å². The number of nitrogens with one attached hydrogen (secondary N) is 1. The lowest BCUT2D eigenvalue weighted by Gasteiger charge is -2.13. The van der Waals surface area contributed by atoms with Gasteiger partial charge >= 0.3 is 5.97 Å². The number of benzene rings is 1. The standard InChI is InChI=1S/C13H15NO3/c1-8(9-5-3-2-4-6-9)14-12(15)10-7-11(10)13(16)17/h2-6,8,10-11H,7H2,1H3,(H,14,15)(H,16,17)/t8?,10-,11+/m1/s1. The normalized spacial score (nSPS) is 23.8. The predicted octanol–water partition coefficient (Wildman–Crippen LogP) is 1.58. The molecule has 4 heteroatoms. The number of hydrogen-bond acceptors (Lipinski definition) is 2. The third-order valence-corrected chi connectivity index (χ3v) is 3.10. The van der Waals surface area contributed by atoms with Crippen LogP contribution in [0.2, 0.25) is 0 Å². The van der Waals surface area contributed by atoms with E-state index in [0.29, 0.717) is 6.42 Å². The Hall–Kier alpha value is -1.84. The second kappa shape index (κ2) is 4.57. The number of carbonyl (C=O) groups is 2. The fourth-order valence-electron chi connectivity index (χ4n) is 1.90. The molecule has 90 valence electrons. The van der Waals surface area contributed by atoms with Crippen molar-refractivity contribution in [3.05, 3.63) is 35.9 Å². The molecule has 1 aromatic carbocycles. The summed E-state index contributed by atoms with van der Waals surface area (Å²) in [6, 6.07) is 9.53. The van der Waals surface area contributed by atoms with Gasteiger partial charge in [0.15, 0.2) is 0 Å². The summed E-state index contributed by atoms with van der Waals surface area (Å²) in [4.78, 5) is 22.4. The van der Waals surface area contributed by atoms with E-state index in [1.54, 1.807) is 0 Å². The van der Waals surface area contributed by atoms with Crippen LogP contribution in [0.4, 0.5) is 0 Å². The van der Waals surface area contributed by atoms with Crippen LogP contribution in [0.1, 0.15) is 24.9 Å². The Balaban J connectivity index is 1.90. The van der Waals surface area contributed by atoms with Crippen molar-refractivity contribution in [2.24, 2.45) is 11.8 Å². The molecule has 2 N–H and O–H groups in total. The molecule has 1 fully saturated rings. The van der Waals surface area contributed by atoms with E-state index in [-0.39, 0.29) is 17.9 Å². The Kier molecular flexibility index (Phi) is 3.13. The molecular weight excluding hydrogens is 218 g/mol. The molecule has 1 aromatic rings. The van der Waals surface area contributed by atoms with Gasteiger partial charge in [-0.1, -0.05) is 30.3 Å². The quantitative estimate of drug-likeness (QED) is 0.829. The summed E-state index contributed by atoms with van der Waals surface area (Å²) < 4.78 is 0. The van der Waals surface area contributed by atoms with Crippen molar-refractivity contribution < 1.29 is 14.7 Å². The third kappa shape index (κ3) is 2.64. The number of rotatable bonds is 4. The van der Waals surface area contributed by atoms with Gasteiger partial charge in [-0.3, -0.25) is 9.59 Å². The fourth-order valence-corrected chi connectivity index (χ4v) is 1.90. The lowest BCUT2D eigenvalue weighted by atomic mass is 10.1. The average molecular weight is 233 g/mol. The van der Waals surface area contributed by atoms with Gasteiger partial charge in [-0.05, 0) is 18.9 Å². The number of hydrogen-bond donors (Lipinski definition) is 2. The molecule has 0 saturated heterocycles. The van der Waals surface area contributed by atoms with E-state index >= 15 is 0 Å². The van der Waals surface area contributed by atoms with E-state index in [1.807, 2.05) is 37.3 Å². The van der Waals surface area contributed by atoms with E-state index in [1.165, 1.54) is 0 Å². The van der Waals surface area contributed by atoms with Crippen LogP contribution >= 0.6 is 0 Å². The van der Waals surface area contributed by atoms with Crippen molar-refractivity contribution >= 4 is 11.9 Å². The van der Waals surface area contributed by atoms with Crippen LogP contribution in [-0.4, -0.2) is 17.0 Å². The molecule has 0 aromatic heterocycles. The van der Waals surface area contributed by atoms with Crippen molar-refractivity contribution in [3.63, 3.8) is 0 Å². The Labute approximate surface area is 99.6 Å². The minimum atomic E-state index is -0.877. The average Bonchev–Trinajstić information content (AvgIpc) is 3.10. The molecule has 1 aliphatic carbocycles. The molecule has 0 spiro atoms. The van der Waals surface area contributed by atoms with Crippen molar-refractivity contribution in [3.8, 4) is 0 Å². The van der Waals surface area contributed by atoms with Crippen molar-refractivity contribution in [2.75, 3.05) is 0 Å². The topological polar surface area (TPSA) is 66.4 Å². The molecule has 0 bridgehead atoms. The highest BCUT2D eigenvalue weighted by atomic mass is 16.4. The molecule has 4 nitrogen and oxygen atoms in total. The van der Waals surface area contributed by atoms with E-state index in [0.717, 1.165) is 5.56 Å². The molecule has 1 saturated carbocycles. The summed E-state index contributed by atoms with van der Waals surface area (Å²) in [5.41, 5.74) is 1.02. The number of amides is 1. The highest BCUT2D eigenvalue weighted by Gasteiger charge is 2.48. The van der Waals surface area contributed by atoms with Gasteiger partial charge < -0.3 is 10.4 Å². The van der Waals surface area contributed by atoms with E-state index in [4.69, 9.17) is 5.11 Å². The predicted molar refractivity (Wildman–Crippen MR) is 62.2 cm³/mol. The van der Waals surface area contributed by atoms with Crippen LogP contribution in [-0.2, 0) is 9.59 Å². The largest absolute Gasteiger partial charge is 0.481 e. The van der Waals surface area contributed by atoms with Gasteiger partial charge in [-0.2, -0.15) is 0 Å². The monoisotopic (exact) mass is 233 g/mol. The molecule has 1 unspecified atom stereocenters. The summed E-state index contributed by atoms with van der Waals surface area (Å²) in [6.07, 6.45) is 0.461. The van der Waals surface area contributed by atoms with Gasteiger partial charge in [-0.15, -0.1) is 0 Å². The van der Waals surface area contributed by atoms with Crippen LogP contribution in [0.15, 0.2) is 30.3 Å². The number of carboxylic acid groups (broad SMARTS) is 1. The van der Waals surface area contributed by atoms with Crippen LogP contribution in [0.5, 0.6) is 0 Å². The molecule has 1 amide bonds. The highest BCUT2D eigenvalue weighted by Crippen LogP contribution is 2.39. The van der Waals surface area contributed by atoms with Crippen LogP contribution in [0, 0.1) is 11.8 Å². The second-order valence-electron chi connectivity index (χ2n) is 4.43. The van der Waals surface area contributed by atoms with Crippen LogP contribution < -0.4 is 5.32 Å². The molecule has 0 heterocycles. The zero-order chi connectivity index (χ0) is 12.4. The maximum atomic E-state index is 11.7. The van der Waals surface area contributed by atoms with Gasteiger partial charge in [0.05, 0.1) is 17.9 Å². The third-order valence-electron chi connectivity index (χ3n) is 3.10. The molecule has 2 rings (SSSR count). The molecule has 17 heavy (non-hydrogen) atoms. The fraction of sp³-hybridized carbons (Fsp3) is 0.385. The van der Waals surface area contributed by atoms with Gasteiger partial charge in [0.2, 0.25) is 5.91 Å². The summed E-state index contributed by atoms with van der Waals surface area (Å²) in [6.45, 7) is 1.89. The van der Waals surface area contributed by atoms with Crippen LogP contribution in [0.3, 0.4) is 0 Å². The Bertz CT molecular complexity index is 430. The van der Waals surface area contributed by atoms with Gasteiger partial charge in [0.25, 0.3) is 0 Å². The zero-order valence-electron chi connectivity index (χ0n) is 9.59. The first-order chi connectivity index (χ1) is 8.09. The Morgan fingerprint density at radius 3 is 2.47 bits per heavy atom. The van der Waals surface area contributed by atoms with Gasteiger partial charge in [0.1, 0.15) is 0 Å². The molecule has 1 aliphatic rings. The summed E-state index contributed by atoms with van der Waals surface area (Å²) >= 11 is 0. The lowest BCUT2D eigenvalue weighted by molar-refractivity contribution is -0.140. The SMILES string of the molecule is CC(NC(=O)[C@@H]1C[C@@H]1C(=O)O)c1ccccc1. The summed E-state index contributed by atoms with van der Waals surface area (Å²) in [5.74, 6) is -1.87. The first-order valence-corrected chi connectivity index (χ1v) is 5.67. The minimum Gasteiger partial charge on any atom is -0.481 e. The Morgan fingerprint density at radius 1 is 1.29 bits per heavy atom. The smallest absolute Gasteiger partial charge is 0.307 e.